The fourth-order valence-electron chi connectivity index (χ4n) is 3.18. The van der Waals surface area contributed by atoms with Gasteiger partial charge in [0.05, 0.1) is 6.20 Å². The van der Waals surface area contributed by atoms with E-state index in [1.807, 2.05) is 31.2 Å². The Balaban J connectivity index is 1.88. The zero-order valence-electron chi connectivity index (χ0n) is 14.3. The molecule has 3 aromatic rings. The summed E-state index contributed by atoms with van der Waals surface area (Å²) in [5.41, 5.74) is 2.51. The molecule has 3 heterocycles. The zero-order chi connectivity index (χ0) is 17.6. The molecule has 2 aromatic heterocycles. The van der Waals surface area contributed by atoms with Crippen LogP contribution in [0.15, 0.2) is 35.3 Å². The highest BCUT2D eigenvalue weighted by Gasteiger charge is 2.25. The number of benzene rings is 1. The molecule has 4 rings (SSSR count). The molecule has 0 spiro atoms. The first-order valence-electron chi connectivity index (χ1n) is 8.37. The van der Waals surface area contributed by atoms with Crippen LogP contribution in [-0.2, 0) is 7.05 Å². The number of carbonyl (C=O) groups is 1. The second kappa shape index (κ2) is 5.84. The fourth-order valence-corrected chi connectivity index (χ4v) is 3.18. The Morgan fingerprint density at radius 2 is 1.80 bits per heavy atom. The Morgan fingerprint density at radius 3 is 2.48 bits per heavy atom. The lowest BCUT2D eigenvalue weighted by atomic mass is 10.1. The highest BCUT2D eigenvalue weighted by atomic mass is 16.2. The van der Waals surface area contributed by atoms with Crippen LogP contribution >= 0.6 is 0 Å². The Labute approximate surface area is 144 Å². The molecular formula is C18H19N5O2. The number of hydrogen-bond donors (Lipinski definition) is 0. The largest absolute Gasteiger partial charge is 0.338 e. The molecule has 128 valence electrons. The first kappa shape index (κ1) is 15.6. The third-order valence-corrected chi connectivity index (χ3v) is 4.68. The molecule has 0 radical (unpaired) electrons. The van der Waals surface area contributed by atoms with Gasteiger partial charge in [-0.3, -0.25) is 4.57 Å². The summed E-state index contributed by atoms with van der Waals surface area (Å²) >= 11 is 0. The Bertz CT molecular complexity index is 1010. The predicted molar refractivity (Wildman–Crippen MR) is 94.5 cm³/mol. The number of fused-ring (bicyclic) bond motifs is 1. The average molecular weight is 337 g/mol. The van der Waals surface area contributed by atoms with Crippen molar-refractivity contribution in [3.63, 3.8) is 0 Å². The van der Waals surface area contributed by atoms with E-state index in [0.717, 1.165) is 24.0 Å². The number of aromatic nitrogens is 4. The number of aryl methyl sites for hydroxylation is 2. The van der Waals surface area contributed by atoms with Crippen LogP contribution in [0.5, 0.6) is 0 Å². The first-order chi connectivity index (χ1) is 12.1. The molecule has 0 N–H and O–H groups in total. The van der Waals surface area contributed by atoms with Gasteiger partial charge in [-0.2, -0.15) is 4.57 Å². The van der Waals surface area contributed by atoms with E-state index in [2.05, 4.69) is 9.97 Å². The minimum atomic E-state index is -0.387. The summed E-state index contributed by atoms with van der Waals surface area (Å²) in [5.74, 6) is 0.501. The highest BCUT2D eigenvalue weighted by molar-refractivity contribution is 5.87. The molecule has 1 fully saturated rings. The van der Waals surface area contributed by atoms with Crippen molar-refractivity contribution in [3.05, 3.63) is 46.5 Å². The van der Waals surface area contributed by atoms with Crippen molar-refractivity contribution < 1.29 is 4.79 Å². The standard InChI is InChI=1S/C18H19N5O2/c1-12-5-7-13(8-6-12)15-19-11-14-16(20-15)23(17(24)21(14)2)18(25)22-9-3-4-10-22/h5-8,11H,3-4,9-10H2,1-2H3. The van der Waals surface area contributed by atoms with E-state index < -0.39 is 0 Å². The number of nitrogens with zero attached hydrogens (tertiary/aromatic N) is 5. The summed E-state index contributed by atoms with van der Waals surface area (Å²) < 4.78 is 2.59. The van der Waals surface area contributed by atoms with Crippen LogP contribution in [0, 0.1) is 6.92 Å². The summed E-state index contributed by atoms with van der Waals surface area (Å²) in [7, 11) is 1.63. The molecule has 0 aliphatic carbocycles. The maximum atomic E-state index is 12.8. The molecule has 1 aliphatic rings. The normalized spacial score (nSPS) is 14.4. The van der Waals surface area contributed by atoms with Gasteiger partial charge in [-0.25, -0.2) is 19.6 Å². The van der Waals surface area contributed by atoms with E-state index in [9.17, 15) is 9.59 Å². The number of imidazole rings is 1. The molecule has 0 bridgehead atoms. The molecule has 1 saturated heterocycles. The van der Waals surface area contributed by atoms with Crippen molar-refractivity contribution in [2.75, 3.05) is 13.1 Å². The molecule has 1 amide bonds. The van der Waals surface area contributed by atoms with Gasteiger partial charge in [-0.05, 0) is 19.8 Å². The van der Waals surface area contributed by atoms with Gasteiger partial charge in [-0.1, -0.05) is 29.8 Å². The minimum Gasteiger partial charge on any atom is -0.324 e. The van der Waals surface area contributed by atoms with Crippen molar-refractivity contribution in [2.45, 2.75) is 19.8 Å². The maximum absolute atomic E-state index is 12.8. The van der Waals surface area contributed by atoms with Gasteiger partial charge < -0.3 is 4.90 Å². The van der Waals surface area contributed by atoms with Gasteiger partial charge in [0.2, 0.25) is 0 Å². The van der Waals surface area contributed by atoms with Gasteiger partial charge in [0.25, 0.3) is 0 Å². The highest BCUT2D eigenvalue weighted by Crippen LogP contribution is 2.19. The monoisotopic (exact) mass is 337 g/mol. The predicted octanol–water partition coefficient (Wildman–Crippen LogP) is 2.17. The van der Waals surface area contributed by atoms with E-state index in [0.29, 0.717) is 30.1 Å². The van der Waals surface area contributed by atoms with Gasteiger partial charge >= 0.3 is 11.7 Å². The second-order valence-corrected chi connectivity index (χ2v) is 6.42. The molecule has 1 aromatic carbocycles. The van der Waals surface area contributed by atoms with Crippen molar-refractivity contribution in [2.24, 2.45) is 7.05 Å². The van der Waals surface area contributed by atoms with E-state index in [1.165, 1.54) is 9.13 Å². The quantitative estimate of drug-likeness (QED) is 0.682. The van der Waals surface area contributed by atoms with E-state index in [1.54, 1.807) is 18.1 Å². The summed E-state index contributed by atoms with van der Waals surface area (Å²) in [5, 5.41) is 0. The molecule has 7 heteroatoms. The molecule has 7 nitrogen and oxygen atoms in total. The number of carbonyl (C=O) groups excluding carboxylic acids is 1. The number of rotatable bonds is 1. The molecular weight excluding hydrogens is 318 g/mol. The third kappa shape index (κ3) is 2.52. The van der Waals surface area contributed by atoms with E-state index >= 15 is 0 Å². The van der Waals surface area contributed by atoms with Crippen LogP contribution in [-0.4, -0.2) is 43.1 Å². The van der Waals surface area contributed by atoms with Crippen molar-refractivity contribution in [3.8, 4) is 11.4 Å². The number of likely N-dealkylation sites (tertiary alicyclic amines) is 1. The van der Waals surface area contributed by atoms with Crippen LogP contribution in [0.25, 0.3) is 22.6 Å². The van der Waals surface area contributed by atoms with Crippen LogP contribution in [0.3, 0.4) is 0 Å². The third-order valence-electron chi connectivity index (χ3n) is 4.68. The lowest BCUT2D eigenvalue weighted by molar-refractivity contribution is 0.210. The lowest BCUT2D eigenvalue weighted by Gasteiger charge is -2.14. The molecule has 0 saturated carbocycles. The SMILES string of the molecule is Cc1ccc(-c2ncc3c(n2)n(C(=O)N2CCCC2)c(=O)n3C)cc1. The van der Waals surface area contributed by atoms with Crippen LogP contribution < -0.4 is 5.69 Å². The first-order valence-corrected chi connectivity index (χ1v) is 8.37. The van der Waals surface area contributed by atoms with Crippen molar-refractivity contribution in [1.29, 1.82) is 0 Å². The van der Waals surface area contributed by atoms with Crippen LogP contribution in [0.2, 0.25) is 0 Å². The summed E-state index contributed by atoms with van der Waals surface area (Å²) in [6.45, 7) is 3.37. The topological polar surface area (TPSA) is 73.0 Å². The van der Waals surface area contributed by atoms with Gasteiger partial charge in [0, 0.05) is 25.7 Å². The minimum absolute atomic E-state index is 0.304. The Morgan fingerprint density at radius 1 is 1.12 bits per heavy atom. The Hall–Kier alpha value is -2.96. The average Bonchev–Trinajstić information content (AvgIpc) is 3.23. The smallest absolute Gasteiger partial charge is 0.324 e. The van der Waals surface area contributed by atoms with Crippen molar-refractivity contribution >= 4 is 17.2 Å². The van der Waals surface area contributed by atoms with E-state index in [4.69, 9.17) is 0 Å². The van der Waals surface area contributed by atoms with Gasteiger partial charge in [0.15, 0.2) is 11.5 Å². The molecule has 25 heavy (non-hydrogen) atoms. The summed E-state index contributed by atoms with van der Waals surface area (Å²) in [6.07, 6.45) is 3.54. The zero-order valence-corrected chi connectivity index (χ0v) is 14.3. The number of amides is 1. The molecule has 0 unspecified atom stereocenters. The molecule has 0 atom stereocenters. The Kier molecular flexibility index (Phi) is 3.63. The van der Waals surface area contributed by atoms with Crippen LogP contribution in [0.1, 0.15) is 18.4 Å². The second-order valence-electron chi connectivity index (χ2n) is 6.42. The summed E-state index contributed by atoms with van der Waals surface area (Å²) in [6, 6.07) is 7.53. The number of hydrogen-bond acceptors (Lipinski definition) is 4. The van der Waals surface area contributed by atoms with E-state index in [-0.39, 0.29) is 11.7 Å². The van der Waals surface area contributed by atoms with Gasteiger partial charge in [0.1, 0.15) is 5.52 Å². The maximum Gasteiger partial charge on any atom is 0.338 e. The fraction of sp³-hybridized carbons (Fsp3) is 0.333. The van der Waals surface area contributed by atoms with Gasteiger partial charge in [-0.15, -0.1) is 0 Å². The lowest BCUT2D eigenvalue weighted by Crippen LogP contribution is -2.38. The van der Waals surface area contributed by atoms with Crippen LogP contribution in [0.4, 0.5) is 4.79 Å². The summed E-state index contributed by atoms with van der Waals surface area (Å²) in [4.78, 5) is 36.0. The molecule has 1 aliphatic heterocycles. The van der Waals surface area contributed by atoms with Crippen molar-refractivity contribution in [1.82, 2.24) is 24.0 Å².